The van der Waals surface area contributed by atoms with E-state index in [0.717, 1.165) is 24.7 Å². The highest BCUT2D eigenvalue weighted by atomic mass is 32.2. The van der Waals surface area contributed by atoms with E-state index in [9.17, 15) is 13.2 Å². The standard InChI is InChI=1S/C18H21N3O4S/c1-26(23,24)21-12-4-2-11(3-5-12)16-8-9-17(25-16)18(22)20-15-10-13-6-7-14(15)19-13/h2-5,8-9,13-15,19,21H,6-7,10H2,1H3,(H,20,22). The van der Waals surface area contributed by atoms with Gasteiger partial charge in [-0.15, -0.1) is 0 Å². The van der Waals surface area contributed by atoms with Gasteiger partial charge in [0, 0.05) is 29.4 Å². The molecule has 8 heteroatoms. The second-order valence-electron chi connectivity index (χ2n) is 6.98. The summed E-state index contributed by atoms with van der Waals surface area (Å²) in [6.07, 6.45) is 4.36. The molecule has 0 aliphatic carbocycles. The summed E-state index contributed by atoms with van der Waals surface area (Å²) < 4.78 is 30.6. The zero-order valence-electron chi connectivity index (χ0n) is 14.4. The SMILES string of the molecule is CS(=O)(=O)Nc1ccc(-c2ccc(C(=O)NC3CC4CCC3N4)o2)cc1. The van der Waals surface area contributed by atoms with Crippen LogP contribution in [0.1, 0.15) is 29.8 Å². The summed E-state index contributed by atoms with van der Waals surface area (Å²) in [5.74, 6) is 0.638. The Kier molecular flexibility index (Phi) is 4.24. The van der Waals surface area contributed by atoms with E-state index in [1.165, 1.54) is 6.42 Å². The lowest BCUT2D eigenvalue weighted by Gasteiger charge is -2.20. The monoisotopic (exact) mass is 375 g/mol. The Hall–Kier alpha value is -2.32. The van der Waals surface area contributed by atoms with Gasteiger partial charge in [-0.1, -0.05) is 0 Å². The average molecular weight is 375 g/mol. The van der Waals surface area contributed by atoms with Crippen molar-refractivity contribution in [3.05, 3.63) is 42.2 Å². The molecule has 1 amide bonds. The van der Waals surface area contributed by atoms with E-state index in [-0.39, 0.29) is 17.7 Å². The molecule has 0 spiro atoms. The first kappa shape index (κ1) is 17.1. The fourth-order valence-corrected chi connectivity index (χ4v) is 4.32. The second-order valence-corrected chi connectivity index (χ2v) is 8.73. The normalized spacial score (nSPS) is 24.6. The van der Waals surface area contributed by atoms with Gasteiger partial charge in [0.25, 0.3) is 5.91 Å². The lowest BCUT2D eigenvalue weighted by Crippen LogP contribution is -2.42. The molecule has 26 heavy (non-hydrogen) atoms. The van der Waals surface area contributed by atoms with Gasteiger partial charge in [-0.05, 0) is 55.7 Å². The predicted octanol–water partition coefficient (Wildman–Crippen LogP) is 1.94. The van der Waals surface area contributed by atoms with Crippen molar-refractivity contribution in [3.63, 3.8) is 0 Å². The van der Waals surface area contributed by atoms with Crippen LogP contribution in [0.15, 0.2) is 40.8 Å². The number of fused-ring (bicyclic) bond motifs is 2. The number of furan rings is 1. The summed E-state index contributed by atoms with van der Waals surface area (Å²) >= 11 is 0. The van der Waals surface area contributed by atoms with E-state index in [2.05, 4.69) is 15.4 Å². The Morgan fingerprint density at radius 3 is 2.54 bits per heavy atom. The molecule has 4 rings (SSSR count). The van der Waals surface area contributed by atoms with Crippen molar-refractivity contribution in [2.45, 2.75) is 37.4 Å². The van der Waals surface area contributed by atoms with E-state index < -0.39 is 10.0 Å². The number of hydrogen-bond donors (Lipinski definition) is 3. The summed E-state index contributed by atoms with van der Waals surface area (Å²) in [5, 5.41) is 6.55. The number of carbonyl (C=O) groups is 1. The molecule has 3 unspecified atom stereocenters. The van der Waals surface area contributed by atoms with Crippen molar-refractivity contribution in [2.75, 3.05) is 11.0 Å². The molecule has 2 fully saturated rings. The Bertz CT molecular complexity index is 920. The molecule has 2 aliphatic heterocycles. The second kappa shape index (κ2) is 6.44. The lowest BCUT2D eigenvalue weighted by molar-refractivity contribution is 0.0903. The minimum atomic E-state index is -3.31. The largest absolute Gasteiger partial charge is 0.451 e. The molecule has 3 heterocycles. The van der Waals surface area contributed by atoms with Crippen LogP contribution in [0.25, 0.3) is 11.3 Å². The third-order valence-corrected chi connectivity index (χ3v) is 5.53. The molecule has 138 valence electrons. The van der Waals surface area contributed by atoms with Crippen molar-refractivity contribution in [2.24, 2.45) is 0 Å². The quantitative estimate of drug-likeness (QED) is 0.742. The highest BCUT2D eigenvalue weighted by Crippen LogP contribution is 2.29. The molecule has 0 saturated carbocycles. The fourth-order valence-electron chi connectivity index (χ4n) is 3.75. The van der Waals surface area contributed by atoms with Crippen molar-refractivity contribution < 1.29 is 17.6 Å². The molecule has 3 N–H and O–H groups in total. The van der Waals surface area contributed by atoms with Crippen LogP contribution in [-0.4, -0.2) is 38.7 Å². The fraction of sp³-hybridized carbons (Fsp3) is 0.389. The minimum Gasteiger partial charge on any atom is -0.451 e. The molecule has 1 aromatic heterocycles. The van der Waals surface area contributed by atoms with Gasteiger partial charge < -0.3 is 15.1 Å². The van der Waals surface area contributed by atoms with Crippen LogP contribution in [0.3, 0.4) is 0 Å². The first-order valence-corrected chi connectivity index (χ1v) is 10.5. The van der Waals surface area contributed by atoms with Crippen molar-refractivity contribution >= 4 is 21.6 Å². The third-order valence-electron chi connectivity index (χ3n) is 4.92. The van der Waals surface area contributed by atoms with E-state index in [1.54, 1.807) is 36.4 Å². The van der Waals surface area contributed by atoms with E-state index in [1.807, 2.05) is 0 Å². The summed E-state index contributed by atoms with van der Waals surface area (Å²) in [6.45, 7) is 0. The number of benzene rings is 1. The number of anilines is 1. The van der Waals surface area contributed by atoms with Crippen LogP contribution in [0, 0.1) is 0 Å². The zero-order chi connectivity index (χ0) is 18.3. The third kappa shape index (κ3) is 3.61. The molecule has 2 saturated heterocycles. The Morgan fingerprint density at radius 1 is 1.15 bits per heavy atom. The highest BCUT2D eigenvalue weighted by Gasteiger charge is 2.39. The first-order chi connectivity index (χ1) is 12.4. The maximum absolute atomic E-state index is 12.4. The van der Waals surface area contributed by atoms with Crippen LogP contribution in [0.5, 0.6) is 0 Å². The van der Waals surface area contributed by atoms with Crippen LogP contribution in [-0.2, 0) is 10.0 Å². The highest BCUT2D eigenvalue weighted by molar-refractivity contribution is 7.92. The predicted molar refractivity (Wildman–Crippen MR) is 98.4 cm³/mol. The van der Waals surface area contributed by atoms with E-state index >= 15 is 0 Å². The maximum Gasteiger partial charge on any atom is 0.287 e. The van der Waals surface area contributed by atoms with Gasteiger partial charge in [0.1, 0.15) is 5.76 Å². The molecular formula is C18H21N3O4S. The topological polar surface area (TPSA) is 100 Å². The number of nitrogens with one attached hydrogen (secondary N) is 3. The summed E-state index contributed by atoms with van der Waals surface area (Å²) in [6, 6.07) is 11.3. The van der Waals surface area contributed by atoms with Crippen molar-refractivity contribution in [3.8, 4) is 11.3 Å². The van der Waals surface area contributed by atoms with Crippen LogP contribution in [0.2, 0.25) is 0 Å². The summed E-state index contributed by atoms with van der Waals surface area (Å²) in [7, 11) is -3.31. The van der Waals surface area contributed by atoms with E-state index in [0.29, 0.717) is 23.5 Å². The van der Waals surface area contributed by atoms with Gasteiger partial charge >= 0.3 is 0 Å². The Morgan fingerprint density at radius 2 is 1.92 bits per heavy atom. The Balaban J connectivity index is 1.43. The van der Waals surface area contributed by atoms with Crippen molar-refractivity contribution in [1.29, 1.82) is 0 Å². The molecule has 0 radical (unpaired) electrons. The number of hydrogen-bond acceptors (Lipinski definition) is 5. The molecular weight excluding hydrogens is 354 g/mol. The van der Waals surface area contributed by atoms with Gasteiger partial charge in [0.15, 0.2) is 5.76 Å². The minimum absolute atomic E-state index is 0.163. The average Bonchev–Trinajstić information content (AvgIpc) is 3.30. The number of carbonyl (C=O) groups excluding carboxylic acids is 1. The van der Waals surface area contributed by atoms with Gasteiger partial charge in [0.05, 0.1) is 6.26 Å². The smallest absolute Gasteiger partial charge is 0.287 e. The van der Waals surface area contributed by atoms with Crippen LogP contribution < -0.4 is 15.4 Å². The molecule has 7 nitrogen and oxygen atoms in total. The maximum atomic E-state index is 12.4. The van der Waals surface area contributed by atoms with Crippen molar-refractivity contribution in [1.82, 2.24) is 10.6 Å². The molecule has 2 aliphatic rings. The van der Waals surface area contributed by atoms with Crippen LogP contribution >= 0.6 is 0 Å². The van der Waals surface area contributed by atoms with Crippen LogP contribution in [0.4, 0.5) is 5.69 Å². The number of rotatable bonds is 5. The lowest BCUT2D eigenvalue weighted by atomic mass is 9.95. The summed E-state index contributed by atoms with van der Waals surface area (Å²) in [5.41, 5.74) is 1.24. The van der Waals surface area contributed by atoms with Gasteiger partial charge in [-0.3, -0.25) is 9.52 Å². The van der Waals surface area contributed by atoms with Gasteiger partial charge in [-0.25, -0.2) is 8.42 Å². The Labute approximate surface area is 152 Å². The number of amides is 1. The molecule has 1 aromatic carbocycles. The zero-order valence-corrected chi connectivity index (χ0v) is 15.2. The first-order valence-electron chi connectivity index (χ1n) is 8.62. The molecule has 3 atom stereocenters. The molecule has 2 aromatic rings. The summed E-state index contributed by atoms with van der Waals surface area (Å²) in [4.78, 5) is 12.4. The molecule has 2 bridgehead atoms. The van der Waals surface area contributed by atoms with Gasteiger partial charge in [-0.2, -0.15) is 0 Å². The van der Waals surface area contributed by atoms with E-state index in [4.69, 9.17) is 4.42 Å². The van der Waals surface area contributed by atoms with Gasteiger partial charge in [0.2, 0.25) is 10.0 Å². The number of sulfonamides is 1.